The monoisotopic (exact) mass is 251 g/mol. The van der Waals surface area contributed by atoms with Gasteiger partial charge in [0.2, 0.25) is 0 Å². The number of phenols is 1. The molecule has 0 aliphatic heterocycles. The van der Waals surface area contributed by atoms with Crippen molar-refractivity contribution in [3.8, 4) is 5.75 Å². The van der Waals surface area contributed by atoms with Crippen LogP contribution in [0.3, 0.4) is 0 Å². The van der Waals surface area contributed by atoms with E-state index in [0.717, 1.165) is 31.2 Å². The second kappa shape index (κ2) is 7.71. The molecule has 0 radical (unpaired) electrons. The fourth-order valence-electron chi connectivity index (χ4n) is 1.64. The fourth-order valence-corrected chi connectivity index (χ4v) is 1.64. The van der Waals surface area contributed by atoms with Crippen LogP contribution in [0, 0.1) is 6.92 Å². The number of aromatic hydroxyl groups is 1. The number of carbonyl (C=O) groups excluding carboxylic acids is 1. The molecule has 0 bridgehead atoms. The minimum absolute atomic E-state index is 0.144. The van der Waals surface area contributed by atoms with Crippen molar-refractivity contribution in [2.24, 2.45) is 0 Å². The number of aliphatic hydroxyl groups is 1. The van der Waals surface area contributed by atoms with Gasteiger partial charge >= 0.3 is 0 Å². The van der Waals surface area contributed by atoms with Crippen LogP contribution in [0.5, 0.6) is 5.75 Å². The van der Waals surface area contributed by atoms with Gasteiger partial charge in [-0.1, -0.05) is 18.9 Å². The third-order valence-electron chi connectivity index (χ3n) is 2.84. The second-order valence-corrected chi connectivity index (χ2v) is 4.39. The number of amides is 1. The summed E-state index contributed by atoms with van der Waals surface area (Å²) < 4.78 is 0. The number of rotatable bonds is 7. The zero-order valence-corrected chi connectivity index (χ0v) is 10.8. The van der Waals surface area contributed by atoms with Gasteiger partial charge in [0.25, 0.3) is 5.91 Å². The summed E-state index contributed by atoms with van der Waals surface area (Å²) in [5, 5.41) is 20.9. The van der Waals surface area contributed by atoms with Gasteiger partial charge in [-0.2, -0.15) is 0 Å². The molecule has 3 N–H and O–H groups in total. The lowest BCUT2D eigenvalue weighted by molar-refractivity contribution is 0.0952. The van der Waals surface area contributed by atoms with Crippen molar-refractivity contribution in [3.63, 3.8) is 0 Å². The Balaban J connectivity index is 2.30. The highest BCUT2D eigenvalue weighted by atomic mass is 16.3. The number of phenolic OH excluding ortho intramolecular Hbond substituents is 1. The van der Waals surface area contributed by atoms with E-state index in [-0.39, 0.29) is 18.3 Å². The lowest BCUT2D eigenvalue weighted by Gasteiger charge is -2.06. The molecular weight excluding hydrogens is 230 g/mol. The van der Waals surface area contributed by atoms with Crippen molar-refractivity contribution in [3.05, 3.63) is 29.3 Å². The van der Waals surface area contributed by atoms with E-state index in [4.69, 9.17) is 5.11 Å². The maximum Gasteiger partial charge on any atom is 0.251 e. The average Bonchev–Trinajstić information content (AvgIpc) is 2.36. The van der Waals surface area contributed by atoms with Crippen molar-refractivity contribution in [1.82, 2.24) is 5.32 Å². The van der Waals surface area contributed by atoms with Gasteiger partial charge in [0.05, 0.1) is 0 Å². The standard InChI is InChI=1S/C14H21NO3/c1-11-6-7-12(10-13(11)17)14(18)15-8-4-2-3-5-9-16/h6-7,10,16-17H,2-5,8-9H2,1H3,(H,15,18). The van der Waals surface area contributed by atoms with Crippen LogP contribution in [-0.2, 0) is 0 Å². The predicted octanol–water partition coefficient (Wildman–Crippen LogP) is 1.98. The molecule has 4 heteroatoms. The number of nitrogens with one attached hydrogen (secondary N) is 1. The van der Waals surface area contributed by atoms with Gasteiger partial charge in [-0.15, -0.1) is 0 Å². The van der Waals surface area contributed by atoms with Crippen molar-refractivity contribution >= 4 is 5.91 Å². The first kappa shape index (κ1) is 14.5. The van der Waals surface area contributed by atoms with E-state index >= 15 is 0 Å². The zero-order chi connectivity index (χ0) is 13.4. The molecular formula is C14H21NO3. The second-order valence-electron chi connectivity index (χ2n) is 4.39. The van der Waals surface area contributed by atoms with Crippen LogP contribution in [0.1, 0.15) is 41.6 Å². The Labute approximate surface area is 108 Å². The lowest BCUT2D eigenvalue weighted by atomic mass is 10.1. The van der Waals surface area contributed by atoms with Crippen LogP contribution in [0.15, 0.2) is 18.2 Å². The Morgan fingerprint density at radius 3 is 2.61 bits per heavy atom. The van der Waals surface area contributed by atoms with Gasteiger partial charge in [0.15, 0.2) is 0 Å². The van der Waals surface area contributed by atoms with Gasteiger partial charge in [-0.25, -0.2) is 0 Å². The van der Waals surface area contributed by atoms with Crippen LogP contribution >= 0.6 is 0 Å². The van der Waals surface area contributed by atoms with Crippen LogP contribution in [0.4, 0.5) is 0 Å². The first-order valence-corrected chi connectivity index (χ1v) is 6.34. The number of aryl methyl sites for hydroxylation is 1. The summed E-state index contributed by atoms with van der Waals surface area (Å²) in [5.74, 6) is -0.0157. The average molecular weight is 251 g/mol. The quantitative estimate of drug-likeness (QED) is 0.649. The van der Waals surface area contributed by atoms with Gasteiger partial charge in [-0.3, -0.25) is 4.79 Å². The van der Waals surface area contributed by atoms with Gasteiger partial charge < -0.3 is 15.5 Å². The highest BCUT2D eigenvalue weighted by molar-refractivity contribution is 5.94. The molecule has 0 saturated carbocycles. The topological polar surface area (TPSA) is 69.6 Å². The Kier molecular flexibility index (Phi) is 6.22. The molecule has 1 rings (SSSR count). The number of hydrogen-bond acceptors (Lipinski definition) is 3. The van der Waals surface area contributed by atoms with Crippen LogP contribution < -0.4 is 5.32 Å². The third kappa shape index (κ3) is 4.75. The molecule has 0 atom stereocenters. The molecule has 1 aromatic rings. The van der Waals surface area contributed by atoms with Crippen LogP contribution in [0.25, 0.3) is 0 Å². The molecule has 18 heavy (non-hydrogen) atoms. The zero-order valence-electron chi connectivity index (χ0n) is 10.8. The van der Waals surface area contributed by atoms with Crippen molar-refractivity contribution in [2.45, 2.75) is 32.6 Å². The number of aliphatic hydroxyl groups excluding tert-OH is 1. The highest BCUT2D eigenvalue weighted by Crippen LogP contribution is 2.17. The number of unbranched alkanes of at least 4 members (excludes halogenated alkanes) is 3. The molecule has 0 aliphatic carbocycles. The van der Waals surface area contributed by atoms with E-state index in [1.54, 1.807) is 19.1 Å². The first-order chi connectivity index (χ1) is 8.65. The first-order valence-electron chi connectivity index (χ1n) is 6.34. The van der Waals surface area contributed by atoms with Gasteiger partial charge in [0, 0.05) is 18.7 Å². The molecule has 100 valence electrons. The SMILES string of the molecule is Cc1ccc(C(=O)NCCCCCCO)cc1O. The van der Waals surface area contributed by atoms with Crippen molar-refractivity contribution < 1.29 is 15.0 Å². The molecule has 1 amide bonds. The summed E-state index contributed by atoms with van der Waals surface area (Å²) in [6.45, 7) is 2.64. The molecule has 0 spiro atoms. The van der Waals surface area contributed by atoms with Crippen LogP contribution in [0.2, 0.25) is 0 Å². The summed E-state index contributed by atoms with van der Waals surface area (Å²) in [4.78, 5) is 11.7. The number of hydrogen-bond donors (Lipinski definition) is 3. The third-order valence-corrected chi connectivity index (χ3v) is 2.84. The Morgan fingerprint density at radius 2 is 1.94 bits per heavy atom. The maximum absolute atomic E-state index is 11.7. The van der Waals surface area contributed by atoms with E-state index in [1.165, 1.54) is 6.07 Å². The van der Waals surface area contributed by atoms with Crippen molar-refractivity contribution in [1.29, 1.82) is 0 Å². The predicted molar refractivity (Wildman–Crippen MR) is 70.7 cm³/mol. The van der Waals surface area contributed by atoms with E-state index in [2.05, 4.69) is 5.32 Å². The Bertz CT molecular complexity index is 391. The van der Waals surface area contributed by atoms with E-state index < -0.39 is 0 Å². The minimum atomic E-state index is -0.160. The molecule has 0 heterocycles. The molecule has 0 fully saturated rings. The summed E-state index contributed by atoms with van der Waals surface area (Å²) >= 11 is 0. The highest BCUT2D eigenvalue weighted by Gasteiger charge is 2.06. The molecule has 4 nitrogen and oxygen atoms in total. The number of carbonyl (C=O) groups is 1. The smallest absolute Gasteiger partial charge is 0.251 e. The van der Waals surface area contributed by atoms with E-state index in [0.29, 0.717) is 12.1 Å². The van der Waals surface area contributed by atoms with Gasteiger partial charge in [0.1, 0.15) is 5.75 Å². The molecule has 0 unspecified atom stereocenters. The molecule has 1 aromatic carbocycles. The number of benzene rings is 1. The van der Waals surface area contributed by atoms with E-state index in [9.17, 15) is 9.90 Å². The normalized spacial score (nSPS) is 10.3. The molecule has 0 aliphatic rings. The Morgan fingerprint density at radius 1 is 1.22 bits per heavy atom. The molecule has 0 saturated heterocycles. The largest absolute Gasteiger partial charge is 0.508 e. The Hall–Kier alpha value is -1.55. The summed E-state index contributed by atoms with van der Waals surface area (Å²) in [5.41, 5.74) is 1.24. The fraction of sp³-hybridized carbons (Fsp3) is 0.500. The van der Waals surface area contributed by atoms with Crippen LogP contribution in [-0.4, -0.2) is 29.3 Å². The lowest BCUT2D eigenvalue weighted by Crippen LogP contribution is -2.24. The molecule has 0 aromatic heterocycles. The van der Waals surface area contributed by atoms with E-state index in [1.807, 2.05) is 0 Å². The summed E-state index contributed by atoms with van der Waals surface area (Å²) in [7, 11) is 0. The summed E-state index contributed by atoms with van der Waals surface area (Å²) in [6, 6.07) is 4.91. The van der Waals surface area contributed by atoms with Crippen molar-refractivity contribution in [2.75, 3.05) is 13.2 Å². The minimum Gasteiger partial charge on any atom is -0.508 e. The maximum atomic E-state index is 11.7. The van der Waals surface area contributed by atoms with Gasteiger partial charge in [-0.05, 0) is 37.5 Å². The summed E-state index contributed by atoms with van der Waals surface area (Å²) in [6.07, 6.45) is 3.71.